The van der Waals surface area contributed by atoms with Gasteiger partial charge >= 0.3 is 39.2 Å². The Hall–Kier alpha value is -2.50. The molecule has 2 aromatic heterocycles. The third kappa shape index (κ3) is 16.9. The normalized spacial score (nSPS) is 15.4. The van der Waals surface area contributed by atoms with Crippen LogP contribution in [0.1, 0.15) is 61.0 Å². The molecule has 0 saturated carbocycles. The lowest BCUT2D eigenvalue weighted by molar-refractivity contribution is -0.933. The number of aliphatic carboxylic acids is 1. The first-order valence-corrected chi connectivity index (χ1v) is 26.7. The average molecular weight is 1100 g/mol. The van der Waals surface area contributed by atoms with Gasteiger partial charge in [0, 0.05) is 110 Å². The van der Waals surface area contributed by atoms with E-state index < -0.39 is 29.6 Å². The molecule has 314 valence electrons. The minimum absolute atomic E-state index is 0.0528. The largest absolute Gasteiger partial charge is 0.481 e. The van der Waals surface area contributed by atoms with Crippen LogP contribution < -0.4 is 36.0 Å². The summed E-state index contributed by atoms with van der Waals surface area (Å²) in [6.07, 6.45) is 0.129. The summed E-state index contributed by atoms with van der Waals surface area (Å²) in [6.45, 7) is 1.78. The quantitative estimate of drug-likeness (QED) is 0.0414. The Morgan fingerprint density at radius 1 is 0.719 bits per heavy atom. The van der Waals surface area contributed by atoms with Gasteiger partial charge in [0.15, 0.2) is 0 Å². The number of aromatic nitrogens is 2. The second kappa shape index (κ2) is 27.3. The van der Waals surface area contributed by atoms with Gasteiger partial charge in [-0.3, -0.25) is 44.1 Å². The molecule has 5 amide bonds. The second-order valence-corrected chi connectivity index (χ2v) is 19.1. The molecule has 0 atom stereocenters. The van der Waals surface area contributed by atoms with Crippen LogP contribution in [-0.2, 0) is 14.3 Å². The summed E-state index contributed by atoms with van der Waals surface area (Å²) in [6, 6.07) is 5.65. The van der Waals surface area contributed by atoms with E-state index >= 15 is 0 Å². The van der Waals surface area contributed by atoms with E-state index in [1.54, 1.807) is 17.9 Å². The van der Waals surface area contributed by atoms with Crippen molar-refractivity contribution in [3.05, 3.63) is 46.8 Å². The van der Waals surface area contributed by atoms with E-state index in [4.69, 9.17) is 9.84 Å². The summed E-state index contributed by atoms with van der Waals surface area (Å²) in [7, 11) is 3.12. The molecule has 8 N–H and O–H groups in total. The lowest BCUT2D eigenvalue weighted by Crippen LogP contribution is -2.47. The summed E-state index contributed by atoms with van der Waals surface area (Å²) < 4.78 is 6.95. The summed E-state index contributed by atoms with van der Waals surface area (Å²) >= 11 is 6.75. The maximum atomic E-state index is 13.5. The zero-order chi connectivity index (χ0) is 41.6. The first-order chi connectivity index (χ1) is 27.5. The molecule has 4 bridgehead atoms. The van der Waals surface area contributed by atoms with Crippen LogP contribution in [0.15, 0.2) is 34.3 Å². The summed E-state index contributed by atoms with van der Waals surface area (Å²) in [5.74, 6) is -0.916. The van der Waals surface area contributed by atoms with Crippen molar-refractivity contribution < 1.29 is 58.5 Å². The van der Waals surface area contributed by atoms with Gasteiger partial charge < -0.3 is 36.4 Å². The topological polar surface area (TPSA) is 243 Å². The van der Waals surface area contributed by atoms with Crippen molar-refractivity contribution in [2.45, 2.75) is 29.3 Å². The molecule has 0 aliphatic carbocycles. The molecule has 18 nitrogen and oxygen atoms in total. The van der Waals surface area contributed by atoms with Crippen molar-refractivity contribution in [1.82, 2.24) is 31.5 Å². The Kier molecular flexibility index (Phi) is 23.4. The smallest absolute Gasteiger partial charge is 0.322 e. The molecule has 6 rings (SSSR count). The van der Waals surface area contributed by atoms with Gasteiger partial charge in [-0.2, -0.15) is 0 Å². The van der Waals surface area contributed by atoms with E-state index in [1.165, 1.54) is 47.8 Å². The van der Waals surface area contributed by atoms with Gasteiger partial charge in [0.25, 0.3) is 11.8 Å². The first-order valence-electron chi connectivity index (χ1n) is 17.7. The Balaban J connectivity index is 1.86. The van der Waals surface area contributed by atoms with E-state index in [0.29, 0.717) is 52.1 Å². The number of thioether (sulfide) groups is 2. The number of hydrogen-bond acceptors (Lipinski definition) is 14. The highest BCUT2D eigenvalue weighted by Crippen LogP contribution is 2.24. The monoisotopic (exact) mass is 1100 g/mol. The Labute approximate surface area is 371 Å². The predicted octanol–water partition coefficient (Wildman–Crippen LogP) is 1.41. The minimum atomic E-state index is -0.986. The molecule has 57 heavy (non-hydrogen) atoms. The van der Waals surface area contributed by atoms with Crippen LogP contribution in [0.2, 0.25) is 0 Å². The zero-order valence-corrected chi connectivity index (χ0v) is 38.3. The molecule has 0 radical (unpaired) electrons. The third-order valence-electron chi connectivity index (χ3n) is 7.91. The van der Waals surface area contributed by atoms with Gasteiger partial charge in [0.1, 0.15) is 11.1 Å². The van der Waals surface area contributed by atoms with Crippen molar-refractivity contribution in [2.24, 2.45) is 0 Å². The lowest BCUT2D eigenvalue weighted by Gasteiger charge is -2.23. The molecule has 2 aromatic rings. The van der Waals surface area contributed by atoms with Gasteiger partial charge in [0.2, 0.25) is 5.91 Å². The number of carboxylic acids is 1. The van der Waals surface area contributed by atoms with E-state index in [-0.39, 0.29) is 104 Å². The molecule has 0 aromatic carbocycles. The van der Waals surface area contributed by atoms with Crippen LogP contribution in [0.3, 0.4) is 0 Å². The predicted molar refractivity (Wildman–Crippen MR) is 233 cm³/mol. The highest BCUT2D eigenvalue weighted by atomic mass is 127. The van der Waals surface area contributed by atoms with E-state index in [9.17, 15) is 39.2 Å². The minimum Gasteiger partial charge on any atom is -0.481 e. The molecule has 6 heterocycles. The molecule has 0 saturated heterocycles. The van der Waals surface area contributed by atoms with Crippen molar-refractivity contribution in [3.63, 3.8) is 0 Å². The van der Waals surface area contributed by atoms with Crippen LogP contribution in [0.5, 0.6) is 0 Å². The van der Waals surface area contributed by atoms with E-state index in [2.05, 4.69) is 69.0 Å². The Morgan fingerprint density at radius 3 is 1.65 bits per heavy atom. The SMILES string of the molecule is O=C(O)CCCC(=O)NCCN1CCNC(=O)c2ccc([n+](O)c2SCCSI)C(=O)NCCOCCNC(=O)c2ccc(c(SCCSI)[n+]2O)C(=O)NCC1. The van der Waals surface area contributed by atoms with Gasteiger partial charge in [-0.15, -0.1) is 0 Å². The molecular formula is C33H46I2N8O10S4+2. The number of nitrogens with zero attached hydrogens (tertiary/aromatic N) is 3. The van der Waals surface area contributed by atoms with Crippen molar-refractivity contribution in [2.75, 3.05) is 88.6 Å². The van der Waals surface area contributed by atoms with E-state index in [1.807, 2.05) is 4.90 Å². The number of carbonyl (C=O) groups excluding carboxylic acids is 5. The number of nitrogens with one attached hydrogen (secondary N) is 5. The second-order valence-electron chi connectivity index (χ2n) is 11.9. The van der Waals surface area contributed by atoms with Crippen molar-refractivity contribution >= 4 is 119 Å². The van der Waals surface area contributed by atoms with Gasteiger partial charge in [-0.1, -0.05) is 41.4 Å². The molecule has 0 spiro atoms. The Bertz CT molecular complexity index is 1620. The fourth-order valence-electron chi connectivity index (χ4n) is 5.14. The third-order valence-corrected chi connectivity index (χ3v) is 13.9. The van der Waals surface area contributed by atoms with Crippen LogP contribution in [0.4, 0.5) is 0 Å². The van der Waals surface area contributed by atoms with Gasteiger partial charge in [0.05, 0.1) is 13.2 Å². The van der Waals surface area contributed by atoms with Crippen molar-refractivity contribution in [1.29, 1.82) is 0 Å². The van der Waals surface area contributed by atoms with Gasteiger partial charge in [-0.05, 0) is 61.0 Å². The van der Waals surface area contributed by atoms with Crippen molar-refractivity contribution in [3.8, 4) is 0 Å². The molecule has 0 fully saturated rings. The number of pyridine rings is 2. The number of rotatable bonds is 15. The first kappa shape index (κ1) is 48.9. The van der Waals surface area contributed by atoms with E-state index in [0.717, 1.165) is 0 Å². The average Bonchev–Trinajstić information content (AvgIpc) is 3.17. The zero-order valence-electron chi connectivity index (χ0n) is 30.8. The molecular weight excluding hydrogens is 1050 g/mol. The number of halogens is 2. The maximum Gasteiger partial charge on any atom is 0.322 e. The maximum absolute atomic E-state index is 13.5. The van der Waals surface area contributed by atoms with Crippen LogP contribution >= 0.6 is 83.8 Å². The summed E-state index contributed by atoms with van der Waals surface area (Å²) in [5.41, 5.74) is 0.151. The standard InChI is InChI=1S/C33H44I2N8O10S4/c34-56-20-18-54-32-22-4-6-24(42(32)51)30(49)39-11-16-53-17-12-40-31(50)25-7-5-23(33(43(25)52)55-19-21-57-35)29(48)38-10-15-41(14-9-37-28(22)47)13-8-36-26(44)2-1-3-27(45)46/h4-7H,1-3,8-21H2,(H6-2,36,37,38,39,40,44,45,46,47,48,49,50,51,52)/p+2. The van der Waals surface area contributed by atoms with Crippen LogP contribution in [-0.4, -0.2) is 145 Å². The van der Waals surface area contributed by atoms with Crippen LogP contribution in [0.25, 0.3) is 0 Å². The van der Waals surface area contributed by atoms with Crippen LogP contribution in [0, 0.1) is 0 Å². The molecule has 0 unspecified atom stereocenters. The number of hydrogen-bond donors (Lipinski definition) is 8. The molecule has 4 aliphatic rings. The number of ether oxygens (including phenoxy) is 1. The highest BCUT2D eigenvalue weighted by Gasteiger charge is 2.32. The number of carboxylic acid groups (broad SMARTS) is 1. The fourth-order valence-corrected chi connectivity index (χ4v) is 11.0. The number of amides is 5. The fraction of sp³-hybridized carbons (Fsp3) is 0.515. The number of carbonyl (C=O) groups is 6. The molecule has 4 aliphatic heterocycles. The highest BCUT2D eigenvalue weighted by molar-refractivity contribution is 14.2. The summed E-state index contributed by atoms with van der Waals surface area (Å²) in [4.78, 5) is 78.1. The molecule has 24 heteroatoms. The van der Waals surface area contributed by atoms with Gasteiger partial charge in [-0.25, -0.2) is 0 Å². The Morgan fingerprint density at radius 2 is 1.19 bits per heavy atom. The lowest BCUT2D eigenvalue weighted by atomic mass is 10.2. The summed E-state index contributed by atoms with van der Waals surface area (Å²) in [5, 5.41) is 45.3.